The van der Waals surface area contributed by atoms with Gasteiger partial charge in [-0.05, 0) is 0 Å². The number of rotatable bonds is 16. The lowest BCUT2D eigenvalue weighted by Gasteiger charge is -2.18. The van der Waals surface area contributed by atoms with E-state index in [1.54, 1.807) is 0 Å². The summed E-state index contributed by atoms with van der Waals surface area (Å²) in [5.41, 5.74) is 0.879. The molecule has 2 heterocycles. The number of Topliss-reactive ketones (excluding diaryl/α,β-unsaturated/α-hetero) is 3. The van der Waals surface area contributed by atoms with E-state index < -0.39 is 42.2 Å². The number of aromatic nitrogens is 4. The van der Waals surface area contributed by atoms with Crippen molar-refractivity contribution in [3.05, 3.63) is 47.6 Å². The van der Waals surface area contributed by atoms with Crippen LogP contribution < -0.4 is 0 Å². The summed E-state index contributed by atoms with van der Waals surface area (Å²) in [4.78, 5) is 52.5. The second-order valence-electron chi connectivity index (χ2n) is 8.00. The van der Waals surface area contributed by atoms with Crippen LogP contribution in [0.15, 0.2) is 24.8 Å². The minimum atomic E-state index is -4.23. The molecule has 0 amide bonds. The number of hydrogen-bond donors (Lipinski definition) is 2. The predicted octanol–water partition coefficient (Wildman–Crippen LogP) is 2.05. The average molecular weight is 607 g/mol. The van der Waals surface area contributed by atoms with Crippen LogP contribution in [0.1, 0.15) is 69.6 Å². The van der Waals surface area contributed by atoms with Crippen LogP contribution in [-0.4, -0.2) is 86.2 Å². The van der Waals surface area contributed by atoms with E-state index in [1.165, 1.54) is 38.6 Å². The summed E-state index contributed by atoms with van der Waals surface area (Å²) < 4.78 is 62.7. The first-order valence-electron chi connectivity index (χ1n) is 11.0. The van der Waals surface area contributed by atoms with E-state index in [0.717, 1.165) is 23.5 Å². The van der Waals surface area contributed by atoms with Gasteiger partial charge in [-0.3, -0.25) is 33.5 Å². The van der Waals surface area contributed by atoms with Crippen LogP contribution in [0.5, 0.6) is 0 Å². The molecule has 38 heavy (non-hydrogen) atoms. The van der Waals surface area contributed by atoms with Gasteiger partial charge in [0.1, 0.15) is 17.2 Å². The summed E-state index contributed by atoms with van der Waals surface area (Å²) in [6.07, 6.45) is 4.88. The lowest BCUT2D eigenvalue weighted by atomic mass is 10.1. The predicted molar refractivity (Wildman–Crippen MR) is 142 cm³/mol. The maximum absolute atomic E-state index is 13.1. The Bertz CT molecular complexity index is 1250. The highest BCUT2D eigenvalue weighted by Crippen LogP contribution is 2.36. The molecule has 17 heteroatoms. The Morgan fingerprint density at radius 2 is 1.08 bits per heavy atom. The molecule has 208 valence electrons. The van der Waals surface area contributed by atoms with Gasteiger partial charge in [-0.15, -0.1) is 0 Å². The van der Waals surface area contributed by atoms with Crippen molar-refractivity contribution in [2.75, 3.05) is 23.0 Å². The van der Waals surface area contributed by atoms with Crippen molar-refractivity contribution < 1.29 is 40.3 Å². The first kappa shape index (κ1) is 31.9. The Balaban J connectivity index is 2.23. The van der Waals surface area contributed by atoms with Crippen LogP contribution in [0.2, 0.25) is 0 Å². The summed E-state index contributed by atoms with van der Waals surface area (Å²) in [6, 6.07) is 0. The highest BCUT2D eigenvalue weighted by molar-refractivity contribution is 8.00. The zero-order chi connectivity index (χ0) is 28.5. The highest BCUT2D eigenvalue weighted by atomic mass is 32.2. The first-order valence-corrected chi connectivity index (χ1v) is 16.3. The fraction of sp³-hybridized carbons (Fsp3) is 0.476. The Morgan fingerprint density at radius 3 is 1.34 bits per heavy atom. The zero-order valence-electron chi connectivity index (χ0n) is 20.4. The van der Waals surface area contributed by atoms with Gasteiger partial charge in [0.2, 0.25) is 0 Å². The summed E-state index contributed by atoms with van der Waals surface area (Å²) >= 11 is 2.12. The first-order chi connectivity index (χ1) is 17.6. The summed E-state index contributed by atoms with van der Waals surface area (Å²) in [5.74, 6) is -2.11. The zero-order valence-corrected chi connectivity index (χ0v) is 23.6. The molecule has 0 spiro atoms. The van der Waals surface area contributed by atoms with Crippen molar-refractivity contribution in [1.82, 2.24) is 19.9 Å². The Kier molecular flexibility index (Phi) is 11.9. The fourth-order valence-corrected chi connectivity index (χ4v) is 7.17. The van der Waals surface area contributed by atoms with Crippen LogP contribution in [0.4, 0.5) is 0 Å². The molecule has 0 saturated carbocycles. The molecule has 0 aliphatic rings. The number of thioether (sulfide) groups is 2. The van der Waals surface area contributed by atoms with E-state index in [4.69, 9.17) is 9.11 Å². The van der Waals surface area contributed by atoms with Crippen LogP contribution in [0.25, 0.3) is 0 Å². The molecule has 0 fully saturated rings. The van der Waals surface area contributed by atoms with Crippen molar-refractivity contribution >= 4 is 61.1 Å². The molecular weight excluding hydrogens is 581 g/mol. The van der Waals surface area contributed by atoms with Crippen LogP contribution in [-0.2, 0) is 25.0 Å². The monoisotopic (exact) mass is 606 g/mol. The van der Waals surface area contributed by atoms with Gasteiger partial charge in [-0.1, -0.05) is 0 Å². The van der Waals surface area contributed by atoms with E-state index in [9.17, 15) is 31.2 Å². The van der Waals surface area contributed by atoms with Gasteiger partial charge in [0.25, 0.3) is 20.2 Å². The topological polar surface area (TPSA) is 212 Å². The Hall–Kier alpha value is -2.31. The van der Waals surface area contributed by atoms with Crippen molar-refractivity contribution in [1.29, 1.82) is 0 Å². The largest absolute Gasteiger partial charge is 0.300 e. The van der Waals surface area contributed by atoms with E-state index >= 15 is 0 Å². The van der Waals surface area contributed by atoms with Crippen LogP contribution in [0, 0.1) is 0 Å². The maximum Gasteiger partial charge on any atom is 0.265 e. The second-order valence-corrected chi connectivity index (χ2v) is 13.8. The Labute approximate surface area is 228 Å². The molecule has 0 saturated heterocycles. The van der Waals surface area contributed by atoms with Gasteiger partial charge in [0.05, 0.1) is 58.2 Å². The van der Waals surface area contributed by atoms with E-state index in [1.807, 2.05) is 0 Å². The summed E-state index contributed by atoms with van der Waals surface area (Å²) in [5, 5.41) is -1.32. The average Bonchev–Trinajstić information content (AvgIpc) is 2.81. The van der Waals surface area contributed by atoms with Crippen molar-refractivity contribution in [3.8, 4) is 0 Å². The highest BCUT2D eigenvalue weighted by Gasteiger charge is 2.25. The van der Waals surface area contributed by atoms with Crippen molar-refractivity contribution in [3.63, 3.8) is 0 Å². The van der Waals surface area contributed by atoms with E-state index in [2.05, 4.69) is 19.9 Å². The summed E-state index contributed by atoms with van der Waals surface area (Å²) in [7, 11) is -8.47. The quantitative estimate of drug-likeness (QED) is 0.207. The number of carbonyl (C=O) groups excluding carboxylic acids is 3. The number of hydrogen-bond acceptors (Lipinski definition) is 13. The molecule has 2 atom stereocenters. The third kappa shape index (κ3) is 11.6. The molecule has 2 rings (SSSR count). The summed E-state index contributed by atoms with van der Waals surface area (Å²) in [6.45, 7) is 2.63. The molecular formula is C21H26N4O9S4. The van der Waals surface area contributed by atoms with E-state index in [-0.39, 0.29) is 53.1 Å². The smallest absolute Gasteiger partial charge is 0.265 e. The normalized spacial score (nSPS) is 13.6. The third-order valence-corrected chi connectivity index (χ3v) is 9.33. The lowest BCUT2D eigenvalue weighted by molar-refractivity contribution is -0.119. The minimum absolute atomic E-state index is 0.0442. The molecule has 0 aliphatic carbocycles. The van der Waals surface area contributed by atoms with Gasteiger partial charge in [-0.25, -0.2) is 9.97 Å². The SMILES string of the molecule is CC(=O)c1cnc(C(CC(=O)CC(SCCS(=O)(=O)O)c2cnc(C(C)=O)cn2)SCCS(=O)(=O)O)cn1. The standard InChI is InChI=1S/C21H26N4O9S4/c1-13(26)16-9-24-18(11-22-16)20(35-3-5-37(29,30)31)7-15(28)8-21(36-4-6-38(32,33)34)19-12-23-17(10-25-19)14(2)27/h9-12,20-21H,3-8H2,1-2H3,(H,29,30,31)(H,32,33,34). The molecule has 2 aromatic heterocycles. The van der Waals surface area contributed by atoms with Gasteiger partial charge in [0, 0.05) is 38.2 Å². The van der Waals surface area contributed by atoms with Crippen LogP contribution >= 0.6 is 23.5 Å². The maximum atomic E-state index is 13.1. The lowest BCUT2D eigenvalue weighted by Crippen LogP contribution is -2.14. The number of carbonyl (C=O) groups is 3. The second kappa shape index (κ2) is 14.2. The van der Waals surface area contributed by atoms with Gasteiger partial charge in [0.15, 0.2) is 11.6 Å². The molecule has 0 aromatic carbocycles. The molecule has 0 bridgehead atoms. The molecule has 0 aliphatic heterocycles. The van der Waals surface area contributed by atoms with E-state index in [0.29, 0.717) is 11.4 Å². The molecule has 2 N–H and O–H groups in total. The van der Waals surface area contributed by atoms with Gasteiger partial charge in [-0.2, -0.15) is 40.4 Å². The van der Waals surface area contributed by atoms with Crippen LogP contribution in [0.3, 0.4) is 0 Å². The molecule has 13 nitrogen and oxygen atoms in total. The molecule has 2 unspecified atom stereocenters. The van der Waals surface area contributed by atoms with Crippen molar-refractivity contribution in [2.45, 2.75) is 37.2 Å². The Morgan fingerprint density at radius 1 is 0.711 bits per heavy atom. The van der Waals surface area contributed by atoms with Gasteiger partial charge >= 0.3 is 0 Å². The number of ketones is 3. The molecule has 0 radical (unpaired) electrons. The minimum Gasteiger partial charge on any atom is -0.300 e. The molecule has 2 aromatic rings. The fourth-order valence-electron chi connectivity index (χ4n) is 2.96. The van der Waals surface area contributed by atoms with Crippen molar-refractivity contribution in [2.24, 2.45) is 0 Å². The van der Waals surface area contributed by atoms with Gasteiger partial charge < -0.3 is 0 Å². The third-order valence-electron chi connectivity index (χ3n) is 4.87. The number of nitrogens with zero attached hydrogens (tertiary/aromatic N) is 4.